The number of carbonyl (C=O) groups is 3. The molecule has 1 N–H and O–H groups in total. The molecule has 1 aliphatic heterocycles. The van der Waals surface area contributed by atoms with Crippen molar-refractivity contribution < 1.29 is 29.0 Å². The lowest BCUT2D eigenvalue weighted by molar-refractivity contribution is -0.124. The largest absolute Gasteiger partial charge is 0.493 e. The number of carbonyl (C=O) groups excluding carboxylic acids is 2. The molecule has 8 nitrogen and oxygen atoms in total. The molecule has 1 aliphatic rings. The Morgan fingerprint density at radius 2 is 1.68 bits per heavy atom. The number of ketones is 1. The predicted molar refractivity (Wildman–Crippen MR) is 127 cm³/mol. The standard InChI is InChI=1S/C26H24N2O6/c1-33-21-13-18-19(14-22(21)34-2)24(27-15-20(18)26(31)32)25(30)17-7-5-6-16(12-17)8-9-23(29)28-10-3-4-11-28/h5-9,12-15H,3-4,10-11H2,1-2H3,(H,31,32). The summed E-state index contributed by atoms with van der Waals surface area (Å²) in [7, 11) is 2.91. The number of aromatic carboxylic acids is 1. The maximum absolute atomic E-state index is 13.4. The van der Waals surface area contributed by atoms with Crippen molar-refractivity contribution in [3.63, 3.8) is 0 Å². The van der Waals surface area contributed by atoms with Crippen molar-refractivity contribution in [2.75, 3.05) is 27.3 Å². The molecule has 0 saturated carbocycles. The predicted octanol–water partition coefficient (Wildman–Crippen LogP) is 3.82. The Balaban J connectivity index is 1.73. The van der Waals surface area contributed by atoms with Gasteiger partial charge in [-0.05, 0) is 42.7 Å². The van der Waals surface area contributed by atoms with Gasteiger partial charge in [0.25, 0.3) is 0 Å². The second-order valence-electron chi connectivity index (χ2n) is 7.90. The highest BCUT2D eigenvalue weighted by Crippen LogP contribution is 2.35. The van der Waals surface area contributed by atoms with Crippen LogP contribution in [0.1, 0.15) is 44.8 Å². The Kier molecular flexibility index (Phi) is 6.58. The topological polar surface area (TPSA) is 106 Å². The summed E-state index contributed by atoms with van der Waals surface area (Å²) >= 11 is 0. The highest BCUT2D eigenvalue weighted by Gasteiger charge is 2.21. The smallest absolute Gasteiger partial charge is 0.337 e. The Morgan fingerprint density at radius 1 is 1.00 bits per heavy atom. The third kappa shape index (κ3) is 4.47. The fraction of sp³-hybridized carbons (Fsp3) is 0.231. The monoisotopic (exact) mass is 460 g/mol. The molecule has 0 radical (unpaired) electrons. The highest BCUT2D eigenvalue weighted by molar-refractivity contribution is 6.18. The Labute approximate surface area is 196 Å². The van der Waals surface area contributed by atoms with Gasteiger partial charge in [0, 0.05) is 41.7 Å². The lowest BCUT2D eigenvalue weighted by Crippen LogP contribution is -2.25. The molecule has 3 aromatic rings. The van der Waals surface area contributed by atoms with Gasteiger partial charge >= 0.3 is 5.97 Å². The van der Waals surface area contributed by atoms with Gasteiger partial charge in [-0.25, -0.2) is 4.79 Å². The summed E-state index contributed by atoms with van der Waals surface area (Å²) in [6.45, 7) is 1.53. The molecule has 1 fully saturated rings. The van der Waals surface area contributed by atoms with Gasteiger partial charge in [0.05, 0.1) is 19.8 Å². The van der Waals surface area contributed by atoms with E-state index in [2.05, 4.69) is 4.98 Å². The van der Waals surface area contributed by atoms with E-state index in [0.29, 0.717) is 33.4 Å². The number of ether oxygens (including phenoxy) is 2. The van der Waals surface area contributed by atoms with E-state index in [9.17, 15) is 19.5 Å². The third-order valence-corrected chi connectivity index (χ3v) is 5.82. The molecule has 2 heterocycles. The lowest BCUT2D eigenvalue weighted by atomic mass is 9.98. The van der Waals surface area contributed by atoms with Crippen molar-refractivity contribution in [3.05, 3.63) is 71.1 Å². The second kappa shape index (κ2) is 9.74. The number of carboxylic acid groups (broad SMARTS) is 1. The molecule has 1 saturated heterocycles. The van der Waals surface area contributed by atoms with E-state index in [1.807, 2.05) is 0 Å². The van der Waals surface area contributed by atoms with E-state index < -0.39 is 5.97 Å². The van der Waals surface area contributed by atoms with Crippen LogP contribution < -0.4 is 9.47 Å². The van der Waals surface area contributed by atoms with Crippen LogP contribution in [0.5, 0.6) is 11.5 Å². The molecule has 0 aliphatic carbocycles. The van der Waals surface area contributed by atoms with Gasteiger partial charge in [0.15, 0.2) is 11.5 Å². The first-order valence-corrected chi connectivity index (χ1v) is 10.8. The molecule has 0 spiro atoms. The number of methoxy groups -OCH3 is 2. The first-order chi connectivity index (χ1) is 16.4. The number of pyridine rings is 1. The van der Waals surface area contributed by atoms with E-state index in [0.717, 1.165) is 25.9 Å². The summed E-state index contributed by atoms with van der Waals surface area (Å²) in [6, 6.07) is 9.94. The first-order valence-electron chi connectivity index (χ1n) is 10.8. The van der Waals surface area contributed by atoms with Gasteiger partial charge in [-0.2, -0.15) is 0 Å². The first kappa shape index (κ1) is 23.0. The highest BCUT2D eigenvalue weighted by atomic mass is 16.5. The number of likely N-dealkylation sites (tertiary alicyclic amines) is 1. The van der Waals surface area contributed by atoms with Crippen molar-refractivity contribution in [2.24, 2.45) is 0 Å². The molecule has 174 valence electrons. The van der Waals surface area contributed by atoms with Crippen molar-refractivity contribution >= 4 is 34.5 Å². The molecule has 4 rings (SSSR count). The minimum Gasteiger partial charge on any atom is -0.493 e. The maximum atomic E-state index is 13.4. The van der Waals surface area contributed by atoms with Crippen molar-refractivity contribution in [3.8, 4) is 11.5 Å². The van der Waals surface area contributed by atoms with Crippen LogP contribution in [0.25, 0.3) is 16.8 Å². The van der Waals surface area contributed by atoms with E-state index in [4.69, 9.17) is 9.47 Å². The van der Waals surface area contributed by atoms with Crippen LogP contribution in [0.3, 0.4) is 0 Å². The van der Waals surface area contributed by atoms with Crippen LogP contribution >= 0.6 is 0 Å². The van der Waals surface area contributed by atoms with Crippen LogP contribution in [0.2, 0.25) is 0 Å². The summed E-state index contributed by atoms with van der Waals surface area (Å²) < 4.78 is 10.6. The number of carboxylic acids is 1. The van der Waals surface area contributed by atoms with Crippen LogP contribution in [0.4, 0.5) is 0 Å². The average molecular weight is 460 g/mol. The van der Waals surface area contributed by atoms with Gasteiger partial charge in [-0.3, -0.25) is 14.6 Å². The Morgan fingerprint density at radius 3 is 2.32 bits per heavy atom. The molecule has 1 aromatic heterocycles. The van der Waals surface area contributed by atoms with E-state index in [1.165, 1.54) is 32.6 Å². The Bertz CT molecular complexity index is 1310. The van der Waals surface area contributed by atoms with Crippen molar-refractivity contribution in [1.82, 2.24) is 9.88 Å². The zero-order chi connectivity index (χ0) is 24.2. The summed E-state index contributed by atoms with van der Waals surface area (Å²) in [5.41, 5.74) is 1.10. The zero-order valence-electron chi connectivity index (χ0n) is 18.9. The number of fused-ring (bicyclic) bond motifs is 1. The van der Waals surface area contributed by atoms with Crippen LogP contribution in [-0.4, -0.2) is 60.0 Å². The molecule has 8 heteroatoms. The van der Waals surface area contributed by atoms with E-state index >= 15 is 0 Å². The van der Waals surface area contributed by atoms with Crippen LogP contribution in [-0.2, 0) is 4.79 Å². The van der Waals surface area contributed by atoms with Gasteiger partial charge in [-0.15, -0.1) is 0 Å². The fourth-order valence-corrected chi connectivity index (χ4v) is 4.05. The van der Waals surface area contributed by atoms with E-state index in [-0.39, 0.29) is 22.9 Å². The Hall–Kier alpha value is -4.20. The summed E-state index contributed by atoms with van der Waals surface area (Å²) in [5.74, 6) is -0.900. The van der Waals surface area contributed by atoms with Gasteiger partial charge < -0.3 is 19.5 Å². The van der Waals surface area contributed by atoms with Crippen LogP contribution in [0, 0.1) is 0 Å². The minimum atomic E-state index is -1.17. The van der Waals surface area contributed by atoms with Crippen molar-refractivity contribution in [2.45, 2.75) is 12.8 Å². The number of amides is 1. The molecular formula is C26H24N2O6. The molecule has 0 unspecified atom stereocenters. The maximum Gasteiger partial charge on any atom is 0.337 e. The number of aromatic nitrogens is 1. The summed E-state index contributed by atoms with van der Waals surface area (Å²) in [6.07, 6.45) is 6.40. The molecule has 1 amide bonds. The molecular weight excluding hydrogens is 436 g/mol. The number of benzene rings is 2. The van der Waals surface area contributed by atoms with Gasteiger partial charge in [0.1, 0.15) is 5.69 Å². The summed E-state index contributed by atoms with van der Waals surface area (Å²) in [5, 5.41) is 10.3. The lowest BCUT2D eigenvalue weighted by Gasteiger charge is -2.13. The molecule has 2 aromatic carbocycles. The fourth-order valence-electron chi connectivity index (χ4n) is 4.05. The number of hydrogen-bond acceptors (Lipinski definition) is 6. The van der Waals surface area contributed by atoms with E-state index in [1.54, 1.807) is 41.3 Å². The quantitative estimate of drug-likeness (QED) is 0.422. The number of nitrogens with zero attached hydrogens (tertiary/aromatic N) is 2. The second-order valence-corrected chi connectivity index (χ2v) is 7.90. The SMILES string of the molecule is COc1cc2c(C(=O)O)cnc(C(=O)c3cccc(C=CC(=O)N4CCCC4)c3)c2cc1OC. The molecule has 0 atom stereocenters. The van der Waals surface area contributed by atoms with Crippen molar-refractivity contribution in [1.29, 1.82) is 0 Å². The molecule has 34 heavy (non-hydrogen) atoms. The van der Waals surface area contributed by atoms with Gasteiger partial charge in [-0.1, -0.05) is 18.2 Å². The molecule has 0 bridgehead atoms. The third-order valence-electron chi connectivity index (χ3n) is 5.82. The zero-order valence-corrected chi connectivity index (χ0v) is 18.9. The van der Waals surface area contributed by atoms with Gasteiger partial charge in [0.2, 0.25) is 11.7 Å². The summed E-state index contributed by atoms with van der Waals surface area (Å²) in [4.78, 5) is 43.4. The normalized spacial score (nSPS) is 13.4. The minimum absolute atomic E-state index is 0.0489. The average Bonchev–Trinajstić information content (AvgIpc) is 3.40. The van der Waals surface area contributed by atoms with Crippen LogP contribution in [0.15, 0.2) is 48.7 Å². The number of hydrogen-bond donors (Lipinski definition) is 1. The number of rotatable bonds is 7.